The van der Waals surface area contributed by atoms with Crippen LogP contribution in [0.25, 0.3) is 5.52 Å². The predicted molar refractivity (Wildman–Crippen MR) is 77.6 cm³/mol. The molecule has 19 heavy (non-hydrogen) atoms. The summed E-state index contributed by atoms with van der Waals surface area (Å²) in [7, 11) is 0. The van der Waals surface area contributed by atoms with Crippen molar-refractivity contribution in [3.63, 3.8) is 0 Å². The van der Waals surface area contributed by atoms with Gasteiger partial charge >= 0.3 is 0 Å². The maximum atomic E-state index is 4.40. The summed E-state index contributed by atoms with van der Waals surface area (Å²) in [5, 5.41) is 7.93. The average Bonchev–Trinajstić information content (AvgIpc) is 3.03. The monoisotopic (exact) mass is 272 g/mol. The molecule has 3 rings (SSSR count). The van der Waals surface area contributed by atoms with Crippen molar-refractivity contribution in [1.82, 2.24) is 19.9 Å². The average molecular weight is 272 g/mol. The normalized spacial score (nSPS) is 12.9. The molecule has 0 radical (unpaired) electrons. The van der Waals surface area contributed by atoms with Gasteiger partial charge in [0.25, 0.3) is 0 Å². The van der Waals surface area contributed by atoms with Crippen molar-refractivity contribution in [2.75, 3.05) is 6.54 Å². The van der Waals surface area contributed by atoms with Crippen LogP contribution in [0.1, 0.15) is 28.3 Å². The van der Waals surface area contributed by atoms with Crippen LogP contribution in [-0.4, -0.2) is 21.1 Å². The molecule has 0 fully saturated rings. The zero-order valence-electron chi connectivity index (χ0n) is 11.0. The highest BCUT2D eigenvalue weighted by molar-refractivity contribution is 7.12. The number of rotatable bonds is 4. The van der Waals surface area contributed by atoms with Gasteiger partial charge in [0.15, 0.2) is 0 Å². The summed E-state index contributed by atoms with van der Waals surface area (Å²) in [6, 6.07) is 4.53. The van der Waals surface area contributed by atoms with E-state index in [4.69, 9.17) is 0 Å². The third-order valence-electron chi connectivity index (χ3n) is 3.12. The topological polar surface area (TPSA) is 42.2 Å². The van der Waals surface area contributed by atoms with Gasteiger partial charge < -0.3 is 5.32 Å². The minimum Gasteiger partial charge on any atom is -0.306 e. The van der Waals surface area contributed by atoms with E-state index in [1.807, 2.05) is 34.4 Å². The van der Waals surface area contributed by atoms with Crippen molar-refractivity contribution < 1.29 is 0 Å². The molecule has 1 unspecified atom stereocenters. The van der Waals surface area contributed by atoms with Crippen LogP contribution in [0.4, 0.5) is 0 Å². The summed E-state index contributed by atoms with van der Waals surface area (Å²) < 4.78 is 1.87. The first-order valence-corrected chi connectivity index (χ1v) is 7.18. The van der Waals surface area contributed by atoms with E-state index in [1.165, 1.54) is 15.3 Å². The number of nitrogens with zero attached hydrogens (tertiary/aromatic N) is 3. The predicted octanol–water partition coefficient (Wildman–Crippen LogP) is 2.80. The lowest BCUT2D eigenvalue weighted by molar-refractivity contribution is 0.643. The summed E-state index contributed by atoms with van der Waals surface area (Å²) in [5.41, 5.74) is 2.23. The number of thiophene rings is 1. The minimum absolute atomic E-state index is 0.186. The highest BCUT2D eigenvalue weighted by Crippen LogP contribution is 2.30. The Morgan fingerprint density at radius 3 is 3.00 bits per heavy atom. The van der Waals surface area contributed by atoms with Gasteiger partial charge in [-0.05, 0) is 25.6 Å². The van der Waals surface area contributed by atoms with Crippen LogP contribution in [0.2, 0.25) is 0 Å². The van der Waals surface area contributed by atoms with E-state index in [0.29, 0.717) is 0 Å². The van der Waals surface area contributed by atoms with Crippen molar-refractivity contribution in [3.8, 4) is 0 Å². The van der Waals surface area contributed by atoms with Crippen LogP contribution in [0.5, 0.6) is 0 Å². The SMILES string of the molecule is CCNC(c1ccc(C)s1)c1cnn2ccncc12. The van der Waals surface area contributed by atoms with E-state index in [2.05, 4.69) is 41.4 Å². The third-order valence-corrected chi connectivity index (χ3v) is 4.19. The number of hydrogen-bond donors (Lipinski definition) is 1. The van der Waals surface area contributed by atoms with E-state index in [-0.39, 0.29) is 6.04 Å². The number of hydrogen-bond acceptors (Lipinski definition) is 4. The van der Waals surface area contributed by atoms with Crippen molar-refractivity contribution in [1.29, 1.82) is 0 Å². The first-order valence-electron chi connectivity index (χ1n) is 6.36. The van der Waals surface area contributed by atoms with E-state index >= 15 is 0 Å². The molecule has 5 heteroatoms. The molecular weight excluding hydrogens is 256 g/mol. The van der Waals surface area contributed by atoms with Gasteiger partial charge in [0.05, 0.1) is 24.0 Å². The van der Waals surface area contributed by atoms with E-state index in [0.717, 1.165) is 12.1 Å². The Kier molecular flexibility index (Phi) is 3.31. The number of fused-ring (bicyclic) bond motifs is 1. The standard InChI is InChI=1S/C14H16N4S/c1-3-16-14(13-5-4-10(2)19-13)11-8-17-18-7-6-15-9-12(11)18/h4-9,14,16H,3H2,1-2H3. The Morgan fingerprint density at radius 1 is 1.37 bits per heavy atom. The summed E-state index contributed by atoms with van der Waals surface area (Å²) in [5.74, 6) is 0. The fraction of sp³-hybridized carbons (Fsp3) is 0.286. The van der Waals surface area contributed by atoms with Gasteiger partial charge in [0.2, 0.25) is 0 Å². The second-order valence-corrected chi connectivity index (χ2v) is 5.76. The van der Waals surface area contributed by atoms with Crippen LogP contribution < -0.4 is 5.32 Å². The molecule has 4 nitrogen and oxygen atoms in total. The third kappa shape index (κ3) is 2.27. The zero-order chi connectivity index (χ0) is 13.2. The first kappa shape index (κ1) is 12.3. The first-order chi connectivity index (χ1) is 9.29. The van der Waals surface area contributed by atoms with Gasteiger partial charge in [-0.3, -0.25) is 4.98 Å². The van der Waals surface area contributed by atoms with Gasteiger partial charge in [0.1, 0.15) is 0 Å². The lowest BCUT2D eigenvalue weighted by Gasteiger charge is -2.15. The second kappa shape index (κ2) is 5.11. The molecule has 1 N–H and O–H groups in total. The Balaban J connectivity index is 2.09. The van der Waals surface area contributed by atoms with Crippen molar-refractivity contribution in [3.05, 3.63) is 52.2 Å². The second-order valence-electron chi connectivity index (χ2n) is 4.45. The minimum atomic E-state index is 0.186. The molecule has 3 heterocycles. The summed E-state index contributed by atoms with van der Waals surface area (Å²) in [6.07, 6.45) is 7.43. The molecular formula is C14H16N4S. The molecule has 1 atom stereocenters. The molecule has 3 aromatic rings. The molecule has 0 saturated carbocycles. The Morgan fingerprint density at radius 2 is 2.26 bits per heavy atom. The molecule has 0 amide bonds. The molecule has 0 bridgehead atoms. The number of aromatic nitrogens is 3. The molecule has 0 aromatic carbocycles. The van der Waals surface area contributed by atoms with Crippen molar-refractivity contribution >= 4 is 16.9 Å². The lowest BCUT2D eigenvalue weighted by atomic mass is 10.1. The van der Waals surface area contributed by atoms with Gasteiger partial charge in [0, 0.05) is 27.7 Å². The smallest absolute Gasteiger partial charge is 0.0896 e. The van der Waals surface area contributed by atoms with Gasteiger partial charge in [-0.25, -0.2) is 4.52 Å². The molecule has 0 aliphatic rings. The maximum Gasteiger partial charge on any atom is 0.0896 e. The Bertz CT molecular complexity index is 685. The van der Waals surface area contributed by atoms with Gasteiger partial charge in [-0.2, -0.15) is 5.10 Å². The molecule has 0 aliphatic heterocycles. The fourth-order valence-corrected chi connectivity index (χ4v) is 3.22. The van der Waals surface area contributed by atoms with Crippen LogP contribution in [0, 0.1) is 6.92 Å². The van der Waals surface area contributed by atoms with Gasteiger partial charge in [-0.1, -0.05) is 6.92 Å². The number of aryl methyl sites for hydroxylation is 1. The lowest BCUT2D eigenvalue weighted by Crippen LogP contribution is -2.20. The highest BCUT2D eigenvalue weighted by atomic mass is 32.1. The molecule has 0 aliphatic carbocycles. The van der Waals surface area contributed by atoms with Crippen LogP contribution >= 0.6 is 11.3 Å². The summed E-state index contributed by atoms with van der Waals surface area (Å²) >= 11 is 1.82. The largest absolute Gasteiger partial charge is 0.306 e. The molecule has 0 saturated heterocycles. The number of nitrogens with one attached hydrogen (secondary N) is 1. The van der Waals surface area contributed by atoms with E-state index in [9.17, 15) is 0 Å². The zero-order valence-corrected chi connectivity index (χ0v) is 11.8. The fourth-order valence-electron chi connectivity index (χ4n) is 2.25. The quantitative estimate of drug-likeness (QED) is 0.794. The van der Waals surface area contributed by atoms with Gasteiger partial charge in [-0.15, -0.1) is 11.3 Å². The molecule has 98 valence electrons. The Hall–Kier alpha value is -1.72. The molecule has 0 spiro atoms. The highest BCUT2D eigenvalue weighted by Gasteiger charge is 2.19. The molecule has 3 aromatic heterocycles. The maximum absolute atomic E-state index is 4.40. The van der Waals surface area contributed by atoms with E-state index in [1.54, 1.807) is 6.20 Å². The van der Waals surface area contributed by atoms with E-state index < -0.39 is 0 Å². The summed E-state index contributed by atoms with van der Waals surface area (Å²) in [4.78, 5) is 6.85. The van der Waals surface area contributed by atoms with Crippen LogP contribution in [0.3, 0.4) is 0 Å². The van der Waals surface area contributed by atoms with Crippen molar-refractivity contribution in [2.45, 2.75) is 19.9 Å². The van der Waals surface area contributed by atoms with Crippen molar-refractivity contribution in [2.24, 2.45) is 0 Å². The van der Waals surface area contributed by atoms with Crippen LogP contribution in [-0.2, 0) is 0 Å². The van der Waals surface area contributed by atoms with Crippen LogP contribution in [0.15, 0.2) is 36.9 Å². The summed E-state index contributed by atoms with van der Waals surface area (Å²) in [6.45, 7) is 5.17. The Labute approximate surface area is 116 Å².